The standard InChI is InChI=1S/C14H18N2OS/c1-3-9-18-14-13(10-17)11(2)15-16(14)12-7-5-4-6-8-12/h4-8,17H,3,9-10H2,1-2H3. The predicted octanol–water partition coefficient (Wildman–Crippen LogP) is 3.18. The second-order valence-electron chi connectivity index (χ2n) is 4.12. The number of hydrogen-bond donors (Lipinski definition) is 1. The van der Waals surface area contributed by atoms with Crippen molar-refractivity contribution in [2.75, 3.05) is 5.75 Å². The summed E-state index contributed by atoms with van der Waals surface area (Å²) < 4.78 is 1.93. The van der Waals surface area contributed by atoms with Crippen LogP contribution in [-0.4, -0.2) is 20.6 Å². The van der Waals surface area contributed by atoms with Gasteiger partial charge in [0.05, 0.1) is 18.0 Å². The highest BCUT2D eigenvalue weighted by atomic mass is 32.2. The van der Waals surface area contributed by atoms with Gasteiger partial charge in [0.2, 0.25) is 0 Å². The number of aliphatic hydroxyl groups excluding tert-OH is 1. The van der Waals surface area contributed by atoms with Crippen molar-refractivity contribution < 1.29 is 5.11 Å². The van der Waals surface area contributed by atoms with Crippen LogP contribution in [0.25, 0.3) is 5.69 Å². The number of aryl methyl sites for hydroxylation is 1. The number of aromatic nitrogens is 2. The normalized spacial score (nSPS) is 10.8. The average Bonchev–Trinajstić information content (AvgIpc) is 2.73. The Morgan fingerprint density at radius 2 is 2.00 bits per heavy atom. The van der Waals surface area contributed by atoms with E-state index in [9.17, 15) is 5.11 Å². The zero-order chi connectivity index (χ0) is 13.0. The number of hydrogen-bond acceptors (Lipinski definition) is 3. The van der Waals surface area contributed by atoms with Gasteiger partial charge in [-0.2, -0.15) is 5.10 Å². The first-order chi connectivity index (χ1) is 8.77. The fourth-order valence-electron chi connectivity index (χ4n) is 1.81. The fraction of sp³-hybridized carbons (Fsp3) is 0.357. The van der Waals surface area contributed by atoms with Gasteiger partial charge in [0.15, 0.2) is 0 Å². The molecule has 0 fully saturated rings. The highest BCUT2D eigenvalue weighted by molar-refractivity contribution is 7.99. The van der Waals surface area contributed by atoms with Gasteiger partial charge in [-0.05, 0) is 31.2 Å². The predicted molar refractivity (Wildman–Crippen MR) is 75.2 cm³/mol. The molecule has 0 aliphatic rings. The number of aliphatic hydroxyl groups is 1. The summed E-state index contributed by atoms with van der Waals surface area (Å²) in [6.07, 6.45) is 1.11. The van der Waals surface area contributed by atoms with Crippen molar-refractivity contribution in [3.8, 4) is 5.69 Å². The van der Waals surface area contributed by atoms with Crippen LogP contribution in [0.4, 0.5) is 0 Å². The van der Waals surface area contributed by atoms with Crippen molar-refractivity contribution in [2.24, 2.45) is 0 Å². The minimum atomic E-state index is 0.0463. The zero-order valence-electron chi connectivity index (χ0n) is 10.8. The molecule has 2 aromatic rings. The maximum absolute atomic E-state index is 9.49. The van der Waals surface area contributed by atoms with Crippen LogP contribution >= 0.6 is 11.8 Å². The summed E-state index contributed by atoms with van der Waals surface area (Å²) in [5.74, 6) is 1.03. The molecular formula is C14H18N2OS. The van der Waals surface area contributed by atoms with E-state index in [2.05, 4.69) is 12.0 Å². The van der Waals surface area contributed by atoms with Gasteiger partial charge < -0.3 is 5.11 Å². The molecule has 0 aliphatic heterocycles. The van der Waals surface area contributed by atoms with Crippen molar-refractivity contribution in [3.63, 3.8) is 0 Å². The number of nitrogens with zero attached hydrogens (tertiary/aromatic N) is 2. The highest BCUT2D eigenvalue weighted by Crippen LogP contribution is 2.28. The van der Waals surface area contributed by atoms with Gasteiger partial charge >= 0.3 is 0 Å². The second-order valence-corrected chi connectivity index (χ2v) is 5.21. The Balaban J connectivity index is 2.46. The molecule has 1 N–H and O–H groups in total. The van der Waals surface area contributed by atoms with Gasteiger partial charge in [-0.25, -0.2) is 4.68 Å². The first-order valence-corrected chi connectivity index (χ1v) is 7.14. The summed E-state index contributed by atoms with van der Waals surface area (Å²) in [7, 11) is 0. The zero-order valence-corrected chi connectivity index (χ0v) is 11.6. The van der Waals surface area contributed by atoms with Crippen LogP contribution < -0.4 is 0 Å². The molecule has 96 valence electrons. The molecule has 0 amide bonds. The molecule has 4 heteroatoms. The van der Waals surface area contributed by atoms with E-state index < -0.39 is 0 Å². The fourth-order valence-corrected chi connectivity index (χ4v) is 2.86. The van der Waals surface area contributed by atoms with Crippen molar-refractivity contribution in [1.29, 1.82) is 0 Å². The number of rotatable bonds is 5. The molecule has 18 heavy (non-hydrogen) atoms. The van der Waals surface area contributed by atoms with Crippen molar-refractivity contribution in [1.82, 2.24) is 9.78 Å². The third-order valence-electron chi connectivity index (χ3n) is 2.74. The van der Waals surface area contributed by atoms with Gasteiger partial charge in [-0.15, -0.1) is 11.8 Å². The summed E-state index contributed by atoms with van der Waals surface area (Å²) in [5, 5.41) is 15.1. The third kappa shape index (κ3) is 2.60. The summed E-state index contributed by atoms with van der Waals surface area (Å²) >= 11 is 1.75. The van der Waals surface area contributed by atoms with E-state index in [4.69, 9.17) is 0 Å². The Hall–Kier alpha value is -1.26. The Bertz CT molecular complexity index is 508. The van der Waals surface area contributed by atoms with Gasteiger partial charge in [-0.3, -0.25) is 0 Å². The van der Waals surface area contributed by atoms with E-state index in [1.165, 1.54) is 0 Å². The number of benzene rings is 1. The second kappa shape index (κ2) is 6.07. The molecule has 0 atom stereocenters. The maximum atomic E-state index is 9.49. The molecule has 0 spiro atoms. The minimum absolute atomic E-state index is 0.0463. The molecule has 3 nitrogen and oxygen atoms in total. The number of para-hydroxylation sites is 1. The Kier molecular flexibility index (Phi) is 4.44. The Morgan fingerprint density at radius 3 is 2.61 bits per heavy atom. The van der Waals surface area contributed by atoms with E-state index in [-0.39, 0.29) is 6.61 Å². The number of thioether (sulfide) groups is 1. The van der Waals surface area contributed by atoms with Gasteiger partial charge in [0, 0.05) is 5.56 Å². The van der Waals surface area contributed by atoms with Crippen LogP contribution in [0.3, 0.4) is 0 Å². The summed E-state index contributed by atoms with van der Waals surface area (Å²) in [6.45, 7) is 4.15. The van der Waals surface area contributed by atoms with Gasteiger partial charge in [0.1, 0.15) is 5.03 Å². The van der Waals surface area contributed by atoms with Crippen molar-refractivity contribution in [3.05, 3.63) is 41.6 Å². The summed E-state index contributed by atoms with van der Waals surface area (Å²) in [4.78, 5) is 0. The van der Waals surface area contributed by atoms with Crippen molar-refractivity contribution in [2.45, 2.75) is 31.9 Å². The lowest BCUT2D eigenvalue weighted by atomic mass is 10.3. The van der Waals surface area contributed by atoms with Gasteiger partial charge in [-0.1, -0.05) is 25.1 Å². The smallest absolute Gasteiger partial charge is 0.106 e. The van der Waals surface area contributed by atoms with Crippen molar-refractivity contribution >= 4 is 11.8 Å². The molecule has 1 aromatic heterocycles. The van der Waals surface area contributed by atoms with Crippen LogP contribution in [0, 0.1) is 6.92 Å². The lowest BCUT2D eigenvalue weighted by molar-refractivity contribution is 0.278. The molecule has 0 radical (unpaired) electrons. The molecule has 0 bridgehead atoms. The van der Waals surface area contributed by atoms with Crippen LogP contribution in [0.2, 0.25) is 0 Å². The SMILES string of the molecule is CCCSc1c(CO)c(C)nn1-c1ccccc1. The van der Waals surface area contributed by atoms with E-state index >= 15 is 0 Å². The quantitative estimate of drug-likeness (QED) is 0.841. The third-order valence-corrected chi connectivity index (χ3v) is 4.04. The van der Waals surface area contributed by atoms with Gasteiger partial charge in [0.25, 0.3) is 0 Å². The highest BCUT2D eigenvalue weighted by Gasteiger charge is 2.15. The van der Waals surface area contributed by atoms with E-state index in [0.717, 1.165) is 34.1 Å². The Morgan fingerprint density at radius 1 is 1.28 bits per heavy atom. The molecule has 1 heterocycles. The largest absolute Gasteiger partial charge is 0.392 e. The monoisotopic (exact) mass is 262 g/mol. The molecular weight excluding hydrogens is 244 g/mol. The summed E-state index contributed by atoms with van der Waals surface area (Å²) in [6, 6.07) is 10.1. The minimum Gasteiger partial charge on any atom is -0.392 e. The first-order valence-electron chi connectivity index (χ1n) is 6.15. The molecule has 0 saturated carbocycles. The maximum Gasteiger partial charge on any atom is 0.106 e. The van der Waals surface area contributed by atoms with Crippen LogP contribution in [0.5, 0.6) is 0 Å². The first kappa shape index (κ1) is 13.2. The van der Waals surface area contributed by atoms with E-state index in [1.54, 1.807) is 11.8 Å². The molecule has 0 unspecified atom stereocenters. The van der Waals surface area contributed by atoms with Crippen LogP contribution in [0.1, 0.15) is 24.6 Å². The van der Waals surface area contributed by atoms with Crippen LogP contribution in [-0.2, 0) is 6.61 Å². The lowest BCUT2D eigenvalue weighted by Crippen LogP contribution is -1.99. The van der Waals surface area contributed by atoms with E-state index in [0.29, 0.717) is 0 Å². The molecule has 2 rings (SSSR count). The topological polar surface area (TPSA) is 38.1 Å². The lowest BCUT2D eigenvalue weighted by Gasteiger charge is -2.07. The molecule has 1 aromatic carbocycles. The average molecular weight is 262 g/mol. The molecule has 0 saturated heterocycles. The van der Waals surface area contributed by atoms with E-state index in [1.807, 2.05) is 41.9 Å². The summed E-state index contributed by atoms with van der Waals surface area (Å²) in [5.41, 5.74) is 2.89. The Labute approximate surface area is 112 Å². The molecule has 0 aliphatic carbocycles. The van der Waals surface area contributed by atoms with Crippen LogP contribution in [0.15, 0.2) is 35.4 Å².